The van der Waals surface area contributed by atoms with Crippen molar-refractivity contribution < 1.29 is 0 Å². The summed E-state index contributed by atoms with van der Waals surface area (Å²) in [6.07, 6.45) is 2.17. The largest absolute Gasteiger partial charge is 0.349 e. The maximum absolute atomic E-state index is 4.74. The van der Waals surface area contributed by atoms with Crippen LogP contribution in [0.4, 0.5) is 10.8 Å². The second kappa shape index (κ2) is 6.18. The van der Waals surface area contributed by atoms with Crippen LogP contribution in [-0.4, -0.2) is 21.0 Å². The first kappa shape index (κ1) is 14.5. The van der Waals surface area contributed by atoms with Crippen LogP contribution in [0.3, 0.4) is 0 Å². The maximum atomic E-state index is 4.74. The molecule has 118 valence electrons. The van der Waals surface area contributed by atoms with Gasteiger partial charge in [-0.15, -0.1) is 11.3 Å². The number of benzene rings is 1. The van der Waals surface area contributed by atoms with Crippen molar-refractivity contribution >= 4 is 22.2 Å². The van der Waals surface area contributed by atoms with Crippen molar-refractivity contribution in [3.8, 4) is 0 Å². The number of nitrogens with zero attached hydrogens (tertiary/aromatic N) is 3. The molecule has 0 spiro atoms. The van der Waals surface area contributed by atoms with Gasteiger partial charge < -0.3 is 9.88 Å². The van der Waals surface area contributed by atoms with Gasteiger partial charge in [-0.2, -0.15) is 0 Å². The van der Waals surface area contributed by atoms with Crippen molar-refractivity contribution in [2.45, 2.75) is 26.1 Å². The number of nitrogens with one attached hydrogen (secondary N) is 1. The molecule has 0 aliphatic carbocycles. The van der Waals surface area contributed by atoms with Crippen LogP contribution < -0.4 is 5.32 Å². The number of thiazole rings is 1. The summed E-state index contributed by atoms with van der Waals surface area (Å²) in [4.78, 5) is 7.23. The predicted octanol–water partition coefficient (Wildman–Crippen LogP) is 4.27. The Kier molecular flexibility index (Phi) is 3.89. The molecule has 3 heterocycles. The Morgan fingerprint density at radius 3 is 2.91 bits per heavy atom. The van der Waals surface area contributed by atoms with Gasteiger partial charge in [0.05, 0.1) is 5.69 Å². The van der Waals surface area contributed by atoms with E-state index in [4.69, 9.17) is 4.98 Å². The second-order valence-corrected chi connectivity index (χ2v) is 6.77. The molecule has 0 radical (unpaired) electrons. The lowest BCUT2D eigenvalue weighted by Crippen LogP contribution is -2.35. The summed E-state index contributed by atoms with van der Waals surface area (Å²) >= 11 is 1.67. The SMILES string of the molecule is C[C@@H]1c2cccn2CCN1Cc1csc(Nc2ccccc2)n1. The highest BCUT2D eigenvalue weighted by molar-refractivity contribution is 7.13. The number of anilines is 2. The molecular formula is C18H20N4S. The number of para-hydroxylation sites is 1. The molecule has 0 fully saturated rings. The van der Waals surface area contributed by atoms with Gasteiger partial charge in [-0.3, -0.25) is 4.90 Å². The number of fused-ring (bicyclic) bond motifs is 1. The summed E-state index contributed by atoms with van der Waals surface area (Å²) < 4.78 is 2.35. The zero-order valence-electron chi connectivity index (χ0n) is 13.1. The standard InChI is InChI=1S/C18H20N4S/c1-14-17-8-5-9-21(17)10-11-22(14)12-16-13-23-18(20-16)19-15-6-3-2-4-7-15/h2-9,13-14H,10-12H2,1H3,(H,19,20)/t14-/m1/s1. The smallest absolute Gasteiger partial charge is 0.187 e. The molecule has 0 amide bonds. The highest BCUT2D eigenvalue weighted by atomic mass is 32.1. The van der Waals surface area contributed by atoms with Gasteiger partial charge >= 0.3 is 0 Å². The molecule has 1 atom stereocenters. The Balaban J connectivity index is 1.44. The van der Waals surface area contributed by atoms with E-state index in [1.807, 2.05) is 18.2 Å². The summed E-state index contributed by atoms with van der Waals surface area (Å²) in [5, 5.41) is 6.49. The van der Waals surface area contributed by atoms with Crippen LogP contribution in [0.5, 0.6) is 0 Å². The molecule has 1 N–H and O–H groups in total. The third-order valence-electron chi connectivity index (χ3n) is 4.41. The van der Waals surface area contributed by atoms with E-state index < -0.39 is 0 Å². The molecule has 0 unspecified atom stereocenters. The molecule has 4 nitrogen and oxygen atoms in total. The van der Waals surface area contributed by atoms with Crippen molar-refractivity contribution in [1.82, 2.24) is 14.5 Å². The summed E-state index contributed by atoms with van der Waals surface area (Å²) in [7, 11) is 0. The average molecular weight is 324 g/mol. The van der Waals surface area contributed by atoms with Gasteiger partial charge in [0.2, 0.25) is 0 Å². The minimum atomic E-state index is 0.436. The Labute approximate surface area is 140 Å². The quantitative estimate of drug-likeness (QED) is 0.778. The van der Waals surface area contributed by atoms with E-state index in [0.29, 0.717) is 6.04 Å². The zero-order valence-corrected chi connectivity index (χ0v) is 14.0. The predicted molar refractivity (Wildman–Crippen MR) is 95.1 cm³/mol. The molecule has 5 heteroatoms. The van der Waals surface area contributed by atoms with Gasteiger partial charge in [-0.05, 0) is 31.2 Å². The van der Waals surface area contributed by atoms with Gasteiger partial charge in [-0.1, -0.05) is 18.2 Å². The fourth-order valence-corrected chi connectivity index (χ4v) is 3.85. The van der Waals surface area contributed by atoms with Crippen LogP contribution in [0, 0.1) is 0 Å². The fourth-order valence-electron chi connectivity index (χ4n) is 3.13. The third kappa shape index (κ3) is 3.02. The van der Waals surface area contributed by atoms with Crippen molar-refractivity contribution in [3.05, 3.63) is 65.4 Å². The average Bonchev–Trinajstić information content (AvgIpc) is 3.21. The molecule has 3 aromatic rings. The first-order chi connectivity index (χ1) is 11.3. The number of aromatic nitrogens is 2. The Hall–Kier alpha value is -2.11. The van der Waals surface area contributed by atoms with Crippen molar-refractivity contribution in [2.75, 3.05) is 11.9 Å². The van der Waals surface area contributed by atoms with Crippen LogP contribution >= 0.6 is 11.3 Å². The van der Waals surface area contributed by atoms with Crippen LogP contribution in [0.1, 0.15) is 24.4 Å². The van der Waals surface area contributed by atoms with E-state index in [0.717, 1.165) is 36.1 Å². The summed E-state index contributed by atoms with van der Waals surface area (Å²) in [5.41, 5.74) is 3.62. The lowest BCUT2D eigenvalue weighted by molar-refractivity contribution is 0.159. The molecule has 0 saturated heterocycles. The molecule has 1 aliphatic heterocycles. The molecule has 1 aromatic carbocycles. The third-order valence-corrected chi connectivity index (χ3v) is 5.22. The van der Waals surface area contributed by atoms with E-state index in [1.54, 1.807) is 11.3 Å². The van der Waals surface area contributed by atoms with Gasteiger partial charge in [0.1, 0.15) is 0 Å². The first-order valence-corrected chi connectivity index (χ1v) is 8.83. The van der Waals surface area contributed by atoms with E-state index in [2.05, 4.69) is 57.5 Å². The molecule has 23 heavy (non-hydrogen) atoms. The van der Waals surface area contributed by atoms with Crippen LogP contribution in [0.25, 0.3) is 0 Å². The topological polar surface area (TPSA) is 33.1 Å². The summed E-state index contributed by atoms with van der Waals surface area (Å²) in [6, 6.07) is 15.0. The molecule has 0 bridgehead atoms. The van der Waals surface area contributed by atoms with Gasteiger partial charge in [0.15, 0.2) is 5.13 Å². The van der Waals surface area contributed by atoms with Crippen molar-refractivity contribution in [2.24, 2.45) is 0 Å². The van der Waals surface area contributed by atoms with Crippen LogP contribution in [0.2, 0.25) is 0 Å². The highest BCUT2D eigenvalue weighted by Crippen LogP contribution is 2.28. The van der Waals surface area contributed by atoms with Gasteiger partial charge in [0, 0.05) is 48.6 Å². The monoisotopic (exact) mass is 324 g/mol. The molecule has 2 aromatic heterocycles. The summed E-state index contributed by atoms with van der Waals surface area (Å²) in [5.74, 6) is 0. The molecule has 1 aliphatic rings. The van der Waals surface area contributed by atoms with Crippen molar-refractivity contribution in [3.63, 3.8) is 0 Å². The van der Waals surface area contributed by atoms with Crippen LogP contribution in [0.15, 0.2) is 54.0 Å². The molecule has 4 rings (SSSR count). The minimum Gasteiger partial charge on any atom is -0.349 e. The lowest BCUT2D eigenvalue weighted by Gasteiger charge is -2.34. The van der Waals surface area contributed by atoms with E-state index in [-0.39, 0.29) is 0 Å². The van der Waals surface area contributed by atoms with E-state index in [1.165, 1.54) is 5.69 Å². The minimum absolute atomic E-state index is 0.436. The Morgan fingerprint density at radius 2 is 2.04 bits per heavy atom. The summed E-state index contributed by atoms with van der Waals surface area (Å²) in [6.45, 7) is 5.31. The molecule has 0 saturated carbocycles. The first-order valence-electron chi connectivity index (χ1n) is 7.95. The van der Waals surface area contributed by atoms with E-state index in [9.17, 15) is 0 Å². The fraction of sp³-hybridized carbons (Fsp3) is 0.278. The maximum Gasteiger partial charge on any atom is 0.187 e. The van der Waals surface area contributed by atoms with Crippen molar-refractivity contribution in [1.29, 1.82) is 0 Å². The van der Waals surface area contributed by atoms with Gasteiger partial charge in [-0.25, -0.2) is 4.98 Å². The number of hydrogen-bond donors (Lipinski definition) is 1. The normalized spacial score (nSPS) is 17.9. The number of hydrogen-bond acceptors (Lipinski definition) is 4. The number of rotatable bonds is 4. The highest BCUT2D eigenvalue weighted by Gasteiger charge is 2.23. The Morgan fingerprint density at radius 1 is 1.17 bits per heavy atom. The molecular weight excluding hydrogens is 304 g/mol. The van der Waals surface area contributed by atoms with Gasteiger partial charge in [0.25, 0.3) is 0 Å². The lowest BCUT2D eigenvalue weighted by atomic mass is 10.1. The zero-order chi connectivity index (χ0) is 15.6. The van der Waals surface area contributed by atoms with Crippen LogP contribution in [-0.2, 0) is 13.1 Å². The Bertz CT molecular complexity index is 777. The second-order valence-electron chi connectivity index (χ2n) is 5.91. The van der Waals surface area contributed by atoms with E-state index >= 15 is 0 Å².